The van der Waals surface area contributed by atoms with Crippen molar-refractivity contribution in [2.24, 2.45) is 17.8 Å². The van der Waals surface area contributed by atoms with Crippen molar-refractivity contribution < 1.29 is 4.79 Å². The average molecular weight is 337 g/mol. The molecule has 0 saturated heterocycles. The van der Waals surface area contributed by atoms with Crippen molar-refractivity contribution >= 4 is 17.7 Å². The zero-order chi connectivity index (χ0) is 16.6. The summed E-state index contributed by atoms with van der Waals surface area (Å²) in [6, 6.07) is 0.264. The molecule has 1 aromatic rings. The predicted molar refractivity (Wildman–Crippen MR) is 91.5 cm³/mol. The van der Waals surface area contributed by atoms with Crippen LogP contribution in [0.15, 0.2) is 5.16 Å². The molecule has 7 heteroatoms. The highest BCUT2D eigenvalue weighted by Crippen LogP contribution is 2.49. The lowest BCUT2D eigenvalue weighted by Crippen LogP contribution is -2.41. The van der Waals surface area contributed by atoms with E-state index in [0.29, 0.717) is 16.8 Å². The molecular weight excluding hydrogens is 310 g/mol. The van der Waals surface area contributed by atoms with Crippen LogP contribution in [0.1, 0.15) is 58.2 Å². The second-order valence-corrected chi connectivity index (χ2v) is 8.29. The lowest BCUT2D eigenvalue weighted by atomic mass is 9.84. The number of carbonyl (C=O) groups excluding carboxylic acids is 1. The molecule has 3 N–H and O–H groups in total. The fourth-order valence-corrected chi connectivity index (χ4v) is 4.89. The second-order valence-electron chi connectivity index (χ2n) is 7.35. The molecular formula is C16H27N5OS. The van der Waals surface area contributed by atoms with E-state index in [0.717, 1.165) is 17.7 Å². The number of nitrogens with zero attached hydrogens (tertiary/aromatic N) is 3. The first-order valence-electron chi connectivity index (χ1n) is 8.58. The molecule has 2 aliphatic carbocycles. The number of nitrogens with one attached hydrogen (secondary N) is 1. The smallest absolute Gasteiger partial charge is 0.230 e. The van der Waals surface area contributed by atoms with Gasteiger partial charge in [-0.15, -0.1) is 10.2 Å². The van der Waals surface area contributed by atoms with Crippen LogP contribution in [0.5, 0.6) is 0 Å². The maximum absolute atomic E-state index is 12.2. The SMILES string of the molecule is CC(C)c1nnc(SCC(=O)NC(C)C2CC3CCC2C3)n1N. The summed E-state index contributed by atoms with van der Waals surface area (Å²) in [6.45, 7) is 6.19. The molecule has 0 aliphatic heterocycles. The number of thioether (sulfide) groups is 1. The Morgan fingerprint density at radius 2 is 2.13 bits per heavy atom. The molecule has 2 saturated carbocycles. The fraction of sp³-hybridized carbons (Fsp3) is 0.812. The number of rotatable bonds is 6. The zero-order valence-corrected chi connectivity index (χ0v) is 15.0. The van der Waals surface area contributed by atoms with E-state index in [1.165, 1.54) is 42.1 Å². The van der Waals surface area contributed by atoms with Crippen LogP contribution in [0.25, 0.3) is 0 Å². The molecule has 1 heterocycles. The van der Waals surface area contributed by atoms with Gasteiger partial charge in [0.2, 0.25) is 11.1 Å². The zero-order valence-electron chi connectivity index (χ0n) is 14.2. The Hall–Kier alpha value is -1.24. The number of nitrogens with two attached hydrogens (primary N) is 1. The maximum Gasteiger partial charge on any atom is 0.230 e. The molecule has 1 amide bonds. The van der Waals surface area contributed by atoms with E-state index in [-0.39, 0.29) is 17.9 Å². The van der Waals surface area contributed by atoms with Crippen molar-refractivity contribution in [3.63, 3.8) is 0 Å². The average Bonchev–Trinajstić information content (AvgIpc) is 3.20. The van der Waals surface area contributed by atoms with E-state index in [1.54, 1.807) is 0 Å². The van der Waals surface area contributed by atoms with Gasteiger partial charge in [-0.1, -0.05) is 32.0 Å². The normalized spacial score (nSPS) is 27.6. The fourth-order valence-electron chi connectivity index (χ4n) is 4.22. The Kier molecular flexibility index (Phi) is 4.85. The van der Waals surface area contributed by atoms with Crippen molar-refractivity contribution in [2.45, 2.75) is 63.6 Å². The molecule has 2 aliphatic rings. The van der Waals surface area contributed by atoms with Crippen molar-refractivity contribution in [1.29, 1.82) is 0 Å². The van der Waals surface area contributed by atoms with Gasteiger partial charge in [0.15, 0.2) is 5.82 Å². The van der Waals surface area contributed by atoms with Gasteiger partial charge >= 0.3 is 0 Å². The topological polar surface area (TPSA) is 85.8 Å². The molecule has 2 bridgehead atoms. The van der Waals surface area contributed by atoms with Gasteiger partial charge in [-0.05, 0) is 43.9 Å². The van der Waals surface area contributed by atoms with Crippen molar-refractivity contribution in [2.75, 3.05) is 11.6 Å². The van der Waals surface area contributed by atoms with Crippen LogP contribution in [-0.2, 0) is 4.79 Å². The number of carbonyl (C=O) groups is 1. The summed E-state index contributed by atoms with van der Waals surface area (Å²) in [5.74, 6) is 9.70. The number of hydrogen-bond acceptors (Lipinski definition) is 5. The molecule has 0 aromatic carbocycles. The van der Waals surface area contributed by atoms with Gasteiger partial charge in [0, 0.05) is 12.0 Å². The third-order valence-electron chi connectivity index (χ3n) is 5.36. The van der Waals surface area contributed by atoms with E-state index in [2.05, 4.69) is 22.4 Å². The van der Waals surface area contributed by atoms with E-state index in [9.17, 15) is 4.79 Å². The minimum Gasteiger partial charge on any atom is -0.353 e. The Labute approximate surface area is 142 Å². The lowest BCUT2D eigenvalue weighted by molar-refractivity contribution is -0.119. The Balaban J connectivity index is 1.48. The summed E-state index contributed by atoms with van der Waals surface area (Å²) in [5.41, 5.74) is 0. The highest BCUT2D eigenvalue weighted by atomic mass is 32.2. The van der Waals surface area contributed by atoms with E-state index >= 15 is 0 Å². The molecule has 23 heavy (non-hydrogen) atoms. The summed E-state index contributed by atoms with van der Waals surface area (Å²) in [5, 5.41) is 11.9. The third-order valence-corrected chi connectivity index (χ3v) is 6.31. The molecule has 0 spiro atoms. The second kappa shape index (κ2) is 6.71. The van der Waals surface area contributed by atoms with Gasteiger partial charge in [-0.2, -0.15) is 0 Å². The summed E-state index contributed by atoms with van der Waals surface area (Å²) >= 11 is 1.35. The van der Waals surface area contributed by atoms with Crippen molar-refractivity contribution in [1.82, 2.24) is 20.2 Å². The maximum atomic E-state index is 12.2. The summed E-state index contributed by atoms with van der Waals surface area (Å²) in [7, 11) is 0. The summed E-state index contributed by atoms with van der Waals surface area (Å²) < 4.78 is 1.49. The van der Waals surface area contributed by atoms with Gasteiger partial charge in [0.25, 0.3) is 0 Å². The highest BCUT2D eigenvalue weighted by Gasteiger charge is 2.42. The quantitative estimate of drug-likeness (QED) is 0.613. The number of amides is 1. The number of hydrogen-bond donors (Lipinski definition) is 2. The van der Waals surface area contributed by atoms with Crippen LogP contribution in [0.3, 0.4) is 0 Å². The minimum absolute atomic E-state index is 0.0550. The first kappa shape index (κ1) is 16.6. The number of nitrogen functional groups attached to an aromatic ring is 1. The molecule has 4 unspecified atom stereocenters. The van der Waals surface area contributed by atoms with Crippen LogP contribution in [-0.4, -0.2) is 32.6 Å². The molecule has 6 nitrogen and oxygen atoms in total. The van der Waals surface area contributed by atoms with E-state index < -0.39 is 0 Å². The van der Waals surface area contributed by atoms with Crippen LogP contribution < -0.4 is 11.2 Å². The third kappa shape index (κ3) is 3.49. The summed E-state index contributed by atoms with van der Waals surface area (Å²) in [4.78, 5) is 12.2. The lowest BCUT2D eigenvalue weighted by Gasteiger charge is -2.28. The van der Waals surface area contributed by atoms with Crippen LogP contribution in [0.2, 0.25) is 0 Å². The monoisotopic (exact) mass is 337 g/mol. The Morgan fingerprint density at radius 3 is 2.70 bits per heavy atom. The van der Waals surface area contributed by atoms with Gasteiger partial charge in [0.05, 0.1) is 5.75 Å². The predicted octanol–water partition coefficient (Wildman–Crippen LogP) is 2.15. The highest BCUT2D eigenvalue weighted by molar-refractivity contribution is 7.99. The van der Waals surface area contributed by atoms with Crippen LogP contribution >= 0.6 is 11.8 Å². The first-order valence-corrected chi connectivity index (χ1v) is 9.56. The molecule has 3 rings (SSSR count). The largest absolute Gasteiger partial charge is 0.353 e. The number of aromatic nitrogens is 3. The molecule has 128 valence electrons. The molecule has 4 atom stereocenters. The van der Waals surface area contributed by atoms with Crippen LogP contribution in [0.4, 0.5) is 0 Å². The van der Waals surface area contributed by atoms with Crippen molar-refractivity contribution in [3.8, 4) is 0 Å². The Morgan fingerprint density at radius 1 is 1.35 bits per heavy atom. The van der Waals surface area contributed by atoms with Gasteiger partial charge in [0.1, 0.15) is 0 Å². The van der Waals surface area contributed by atoms with Gasteiger partial charge < -0.3 is 11.2 Å². The van der Waals surface area contributed by atoms with E-state index in [4.69, 9.17) is 5.84 Å². The van der Waals surface area contributed by atoms with Gasteiger partial charge in [-0.3, -0.25) is 4.79 Å². The molecule has 2 fully saturated rings. The first-order chi connectivity index (χ1) is 11.0. The van der Waals surface area contributed by atoms with Crippen LogP contribution in [0, 0.1) is 17.8 Å². The minimum atomic E-state index is 0.0550. The summed E-state index contributed by atoms with van der Waals surface area (Å²) in [6.07, 6.45) is 5.39. The standard InChI is InChI=1S/C16H27N5OS/c1-9(2)15-19-20-16(21(15)17)23-8-14(22)18-10(3)13-7-11-4-5-12(13)6-11/h9-13H,4-8,17H2,1-3H3,(H,18,22). The van der Waals surface area contributed by atoms with Crippen molar-refractivity contribution in [3.05, 3.63) is 5.82 Å². The molecule has 1 aromatic heterocycles. The van der Waals surface area contributed by atoms with Gasteiger partial charge in [-0.25, -0.2) is 4.68 Å². The Bertz CT molecular complexity index is 573. The molecule has 0 radical (unpaired) electrons. The number of fused-ring (bicyclic) bond motifs is 2. The van der Waals surface area contributed by atoms with E-state index in [1.807, 2.05) is 13.8 Å².